The van der Waals surface area contributed by atoms with E-state index in [0.717, 1.165) is 23.5 Å². The number of ether oxygens (including phenoxy) is 2. The van der Waals surface area contributed by atoms with Crippen LogP contribution < -0.4 is 10.1 Å². The van der Waals surface area contributed by atoms with E-state index in [0.29, 0.717) is 11.5 Å². The van der Waals surface area contributed by atoms with Crippen molar-refractivity contribution >= 4 is 23.2 Å². The molecule has 192 valence electrons. The number of carbonyl (C=O) groups excluding carboxylic acids is 2. The molecule has 3 rings (SSSR count). The molecule has 0 atom stereocenters. The maximum absolute atomic E-state index is 12.2. The van der Waals surface area contributed by atoms with Crippen molar-refractivity contribution in [3.8, 4) is 16.9 Å². The van der Waals surface area contributed by atoms with E-state index in [-0.39, 0.29) is 30.3 Å². The molecule has 0 bridgehead atoms. The highest BCUT2D eigenvalue weighted by Gasteiger charge is 2.15. The van der Waals surface area contributed by atoms with E-state index < -0.39 is 0 Å². The molecule has 0 spiro atoms. The number of nitrogens with one attached hydrogen (secondary N) is 1. The van der Waals surface area contributed by atoms with Crippen LogP contribution in [0.5, 0.6) is 5.75 Å². The number of hydrogen-bond acceptors (Lipinski definition) is 5. The van der Waals surface area contributed by atoms with Crippen LogP contribution in [-0.4, -0.2) is 32.1 Å². The lowest BCUT2D eigenvalue weighted by Gasteiger charge is -2.20. The van der Waals surface area contributed by atoms with Gasteiger partial charge in [-0.3, -0.25) is 9.59 Å². The van der Waals surface area contributed by atoms with Gasteiger partial charge in [0.15, 0.2) is 0 Å². The molecule has 1 amide bonds. The number of hydrogen-bond donors (Lipinski definition) is 1. The lowest BCUT2D eigenvalue weighted by molar-refractivity contribution is -0.140. The summed E-state index contributed by atoms with van der Waals surface area (Å²) < 4.78 is 10.6. The predicted octanol–water partition coefficient (Wildman–Crippen LogP) is 6.63. The Bertz CT molecular complexity index is 1170. The van der Waals surface area contributed by atoms with Gasteiger partial charge in [-0.25, -0.2) is 0 Å². The summed E-state index contributed by atoms with van der Waals surface area (Å²) in [6.07, 6.45) is 1.87. The van der Waals surface area contributed by atoms with Crippen molar-refractivity contribution < 1.29 is 19.1 Å². The van der Waals surface area contributed by atoms with E-state index in [2.05, 4.69) is 81.1 Å². The molecule has 0 aliphatic rings. The van der Waals surface area contributed by atoms with Crippen molar-refractivity contribution in [2.45, 2.75) is 59.3 Å². The summed E-state index contributed by atoms with van der Waals surface area (Å²) >= 11 is 1.47. The zero-order chi connectivity index (χ0) is 26.3. The third kappa shape index (κ3) is 7.44. The maximum Gasteiger partial charge on any atom is 0.307 e. The fraction of sp³-hybridized carbons (Fsp3) is 0.400. The molecular formula is C30H37NO4S. The largest absolute Gasteiger partial charge is 0.494 e. The van der Waals surface area contributed by atoms with Crippen LogP contribution in [0.3, 0.4) is 0 Å². The van der Waals surface area contributed by atoms with Gasteiger partial charge in [0.25, 0.3) is 5.91 Å². The van der Waals surface area contributed by atoms with Crippen LogP contribution in [0.4, 0.5) is 0 Å². The van der Waals surface area contributed by atoms with Crippen molar-refractivity contribution in [2.24, 2.45) is 0 Å². The van der Waals surface area contributed by atoms with E-state index in [1.54, 1.807) is 0 Å². The molecule has 0 fully saturated rings. The molecule has 1 N–H and O–H groups in total. The number of amides is 1. The Hall–Kier alpha value is -3.12. The van der Waals surface area contributed by atoms with Crippen LogP contribution in [0.25, 0.3) is 11.1 Å². The molecule has 6 heteroatoms. The number of benzene rings is 2. The summed E-state index contributed by atoms with van der Waals surface area (Å²) in [5.41, 5.74) is 6.37. The van der Waals surface area contributed by atoms with Crippen LogP contribution in [0, 0.1) is 13.8 Å². The Morgan fingerprint density at radius 2 is 1.64 bits per heavy atom. The predicted molar refractivity (Wildman–Crippen MR) is 147 cm³/mol. The van der Waals surface area contributed by atoms with Crippen molar-refractivity contribution in [3.05, 3.63) is 75.0 Å². The minimum Gasteiger partial charge on any atom is -0.494 e. The summed E-state index contributed by atoms with van der Waals surface area (Å²) in [5.74, 6) is 0.388. The van der Waals surface area contributed by atoms with E-state index in [4.69, 9.17) is 4.74 Å². The summed E-state index contributed by atoms with van der Waals surface area (Å²) in [4.78, 5) is 25.2. The summed E-state index contributed by atoms with van der Waals surface area (Å²) in [6.45, 7) is 11.8. The first-order chi connectivity index (χ1) is 17.1. The van der Waals surface area contributed by atoms with E-state index in [1.165, 1.54) is 46.3 Å². The number of methoxy groups -OCH3 is 1. The smallest absolute Gasteiger partial charge is 0.307 e. The minimum atomic E-state index is -0.336. The Morgan fingerprint density at radius 3 is 2.25 bits per heavy atom. The molecular weight excluding hydrogens is 470 g/mol. The lowest BCUT2D eigenvalue weighted by atomic mass is 9.85. The van der Waals surface area contributed by atoms with Gasteiger partial charge >= 0.3 is 5.97 Å². The Morgan fingerprint density at radius 1 is 0.972 bits per heavy atom. The van der Waals surface area contributed by atoms with Crippen molar-refractivity contribution in [1.82, 2.24) is 5.32 Å². The summed E-state index contributed by atoms with van der Waals surface area (Å²) in [7, 11) is 1.34. The van der Waals surface area contributed by atoms with Gasteiger partial charge in [0, 0.05) is 11.4 Å². The Balaban J connectivity index is 1.51. The molecule has 0 radical (unpaired) electrons. The number of aryl methyl sites for hydroxylation is 3. The third-order valence-electron chi connectivity index (χ3n) is 6.11. The quantitative estimate of drug-likeness (QED) is 0.247. The van der Waals surface area contributed by atoms with Gasteiger partial charge in [0.05, 0.1) is 25.0 Å². The molecule has 1 heterocycles. The number of esters is 1. The van der Waals surface area contributed by atoms with Crippen LogP contribution in [0.2, 0.25) is 0 Å². The molecule has 0 aliphatic heterocycles. The average molecular weight is 508 g/mol. The van der Waals surface area contributed by atoms with Crippen molar-refractivity contribution in [1.29, 1.82) is 0 Å². The number of rotatable bonds is 10. The lowest BCUT2D eigenvalue weighted by Crippen LogP contribution is -2.25. The Kier molecular flexibility index (Phi) is 9.32. The molecule has 0 saturated carbocycles. The fourth-order valence-corrected chi connectivity index (χ4v) is 5.10. The first kappa shape index (κ1) is 27.5. The van der Waals surface area contributed by atoms with Crippen LogP contribution in [0.15, 0.2) is 48.5 Å². The third-order valence-corrected chi connectivity index (χ3v) is 7.25. The highest BCUT2D eigenvalue weighted by Crippen LogP contribution is 2.33. The molecule has 2 aromatic carbocycles. The first-order valence-electron chi connectivity index (χ1n) is 12.4. The van der Waals surface area contributed by atoms with Gasteiger partial charge in [-0.1, -0.05) is 45.0 Å². The second kappa shape index (κ2) is 12.2. The fourth-order valence-electron chi connectivity index (χ4n) is 4.14. The number of carbonyl (C=O) groups is 2. The summed E-state index contributed by atoms with van der Waals surface area (Å²) in [5, 5.41) is 2.75. The minimum absolute atomic E-state index is 0.142. The van der Waals surface area contributed by atoms with E-state index >= 15 is 0 Å². The van der Waals surface area contributed by atoms with Gasteiger partial charge in [-0.15, -0.1) is 11.3 Å². The van der Waals surface area contributed by atoms with Crippen molar-refractivity contribution in [3.63, 3.8) is 0 Å². The SMILES string of the molecule is COC(=O)CCNC(=O)c1ccc(CCCOc2cc(C)c(-c3ccc(C(C)(C)C)cc3)c(C)c2)s1. The van der Waals surface area contributed by atoms with E-state index in [9.17, 15) is 9.59 Å². The molecule has 3 aromatic rings. The van der Waals surface area contributed by atoms with E-state index in [1.807, 2.05) is 12.1 Å². The second-order valence-corrected chi connectivity index (χ2v) is 11.2. The standard InChI is InChI=1S/C30H37NO4S/c1-20-18-24(19-21(2)28(20)22-9-11-23(12-10-22)30(3,4)5)35-17-7-8-25-13-14-26(36-25)29(33)31-16-15-27(32)34-6/h9-14,18-19H,7-8,15-17H2,1-6H3,(H,31,33). The first-order valence-corrected chi connectivity index (χ1v) is 13.2. The number of thiophene rings is 1. The summed E-state index contributed by atoms with van der Waals surface area (Å²) in [6, 6.07) is 16.9. The maximum atomic E-state index is 12.2. The van der Waals surface area contributed by atoms with Gasteiger partial charge in [-0.2, -0.15) is 0 Å². The normalized spacial score (nSPS) is 11.3. The van der Waals surface area contributed by atoms with Crippen LogP contribution >= 0.6 is 11.3 Å². The highest BCUT2D eigenvalue weighted by molar-refractivity contribution is 7.14. The second-order valence-electron chi connectivity index (χ2n) is 10.1. The molecule has 0 saturated heterocycles. The zero-order valence-corrected chi connectivity index (χ0v) is 23.0. The van der Waals surface area contributed by atoms with Crippen LogP contribution in [0.1, 0.15) is 64.9 Å². The molecule has 0 unspecified atom stereocenters. The molecule has 36 heavy (non-hydrogen) atoms. The van der Waals surface area contributed by atoms with Crippen molar-refractivity contribution in [2.75, 3.05) is 20.3 Å². The molecule has 5 nitrogen and oxygen atoms in total. The highest BCUT2D eigenvalue weighted by atomic mass is 32.1. The van der Waals surface area contributed by atoms with Gasteiger partial charge in [0.1, 0.15) is 5.75 Å². The zero-order valence-electron chi connectivity index (χ0n) is 22.2. The van der Waals surface area contributed by atoms with Gasteiger partial charge < -0.3 is 14.8 Å². The van der Waals surface area contributed by atoms with Gasteiger partial charge in [-0.05, 0) is 84.2 Å². The van der Waals surface area contributed by atoms with Gasteiger partial charge in [0.2, 0.25) is 0 Å². The molecule has 0 aliphatic carbocycles. The molecule has 1 aromatic heterocycles. The van der Waals surface area contributed by atoms with Crippen LogP contribution in [-0.2, 0) is 21.4 Å². The topological polar surface area (TPSA) is 64.6 Å². The Labute approximate surface area is 218 Å². The monoisotopic (exact) mass is 507 g/mol. The average Bonchev–Trinajstić information content (AvgIpc) is 3.30.